The Labute approximate surface area is 502 Å². The number of ether oxygens (including phenoxy) is 3. The van der Waals surface area contributed by atoms with E-state index in [4.69, 9.17) is 41.5 Å². The molecule has 11 N–H and O–H groups in total. The summed E-state index contributed by atoms with van der Waals surface area (Å²) in [6.07, 6.45) is 6.96. The number of anilines is 2. The van der Waals surface area contributed by atoms with Crippen molar-refractivity contribution in [1.29, 1.82) is 0 Å². The van der Waals surface area contributed by atoms with Gasteiger partial charge in [0.05, 0.1) is 54.0 Å². The number of carboxylic acid groups (broad SMARTS) is 1. The average molecular weight is 1220 g/mol. The third kappa shape index (κ3) is 14.2. The van der Waals surface area contributed by atoms with Crippen LogP contribution in [0.5, 0.6) is 0 Å². The lowest BCUT2D eigenvalue weighted by Gasteiger charge is -2.69. The first-order chi connectivity index (χ1) is 40.9. The standard InChI is InChI=1S/C61H76N11O12PS/c1-38-45(43-16-17-50(68-51(43)54(75)76)71-20-18-39-11-8-13-44(46(39)29-71)53(74)69-56-67-48-14-6-7-15-49(48)86-56)28-66-72(38)37-60-32-58(2)31-59(3,33-60)35-61(34-58,36-60)84-24-23-82-22-21-70(19-9-25-85(79,80)81)57(78)83-30-40-10-4-5-12-42(40)41(27-65-55(64)77)26-47(62)52(63)73/h4-8,10-17,28,41,47H,9,18-27,29-37,62H2,1-3H3,(H2,63,73)(H,75,76)(H3,64,65,77)(H,67,69,74)(H2,79,80,81)/t41?,47-,58?,59?,60?,61?/m0/s1. The molecule has 6 aromatic rings. The number of pyridine rings is 1. The first-order valence-electron chi connectivity index (χ1n) is 29.0. The number of amides is 5. The van der Waals surface area contributed by atoms with Crippen LogP contribution in [-0.2, 0) is 49.7 Å². The molecular weight excluding hydrogens is 1140 g/mol. The lowest BCUT2D eigenvalue weighted by atomic mass is 9.39. The molecule has 3 unspecified atom stereocenters. The molecule has 0 radical (unpaired) electrons. The molecule has 1 aliphatic heterocycles. The van der Waals surface area contributed by atoms with E-state index in [0.717, 1.165) is 65.6 Å². The van der Waals surface area contributed by atoms with Crippen LogP contribution in [0.25, 0.3) is 21.3 Å². The number of rotatable bonds is 26. The van der Waals surface area contributed by atoms with Crippen LogP contribution in [0.4, 0.5) is 20.5 Å². The topological polar surface area (TPSA) is 343 Å². The Hall–Kier alpha value is -7.31. The number of nitrogens with one attached hydrogen (secondary N) is 2. The van der Waals surface area contributed by atoms with Crippen molar-refractivity contribution < 1.29 is 57.6 Å². The van der Waals surface area contributed by atoms with Gasteiger partial charge >= 0.3 is 25.7 Å². The van der Waals surface area contributed by atoms with Gasteiger partial charge in [0.25, 0.3) is 5.91 Å². The maximum atomic E-state index is 13.8. The molecule has 4 atom stereocenters. The van der Waals surface area contributed by atoms with E-state index in [2.05, 4.69) is 29.5 Å². The van der Waals surface area contributed by atoms with E-state index < -0.39 is 55.3 Å². The smallest absolute Gasteiger partial charge is 0.410 e. The Kier molecular flexibility index (Phi) is 18.1. The van der Waals surface area contributed by atoms with E-state index in [1.165, 1.54) is 16.2 Å². The molecule has 86 heavy (non-hydrogen) atoms. The Bertz CT molecular complexity index is 3540. The molecule has 25 heteroatoms. The number of hydrogen-bond donors (Lipinski definition) is 8. The molecular formula is C61H76N11O12PS. The maximum absolute atomic E-state index is 13.8. The first-order valence-corrected chi connectivity index (χ1v) is 31.7. The van der Waals surface area contributed by atoms with Crippen LogP contribution in [0, 0.1) is 23.2 Å². The quantitative estimate of drug-likeness (QED) is 0.0190. The van der Waals surface area contributed by atoms with Gasteiger partial charge in [-0.15, -0.1) is 0 Å². The van der Waals surface area contributed by atoms with Gasteiger partial charge in [0, 0.05) is 67.6 Å². The summed E-state index contributed by atoms with van der Waals surface area (Å²) in [7, 11) is -4.36. The normalized spacial score (nSPS) is 22.0. The van der Waals surface area contributed by atoms with Crippen molar-refractivity contribution in [2.75, 3.05) is 62.4 Å². The van der Waals surface area contributed by atoms with E-state index in [1.54, 1.807) is 36.5 Å². The third-order valence-corrected chi connectivity index (χ3v) is 19.4. The number of aromatic nitrogens is 4. The second-order valence-electron chi connectivity index (χ2n) is 24.7. The lowest BCUT2D eigenvalue weighted by molar-refractivity contribution is -0.250. The molecule has 5 amide bonds. The molecule has 4 saturated carbocycles. The number of fused-ring (bicyclic) bond motifs is 2. The van der Waals surface area contributed by atoms with E-state index in [0.29, 0.717) is 71.4 Å². The van der Waals surface area contributed by atoms with E-state index in [9.17, 15) is 43.4 Å². The Morgan fingerprint density at radius 1 is 0.872 bits per heavy atom. The van der Waals surface area contributed by atoms with Gasteiger partial charge in [0.1, 0.15) is 12.4 Å². The minimum absolute atomic E-state index is 0.00650. The van der Waals surface area contributed by atoms with Gasteiger partial charge in [-0.2, -0.15) is 5.10 Å². The summed E-state index contributed by atoms with van der Waals surface area (Å²) in [5.41, 5.74) is 22.6. The van der Waals surface area contributed by atoms with Gasteiger partial charge in [-0.3, -0.25) is 24.2 Å². The predicted molar refractivity (Wildman–Crippen MR) is 324 cm³/mol. The van der Waals surface area contributed by atoms with Crippen molar-refractivity contribution in [3.8, 4) is 11.1 Å². The lowest BCUT2D eigenvalue weighted by Crippen LogP contribution is -2.64. The molecule has 4 bridgehead atoms. The minimum atomic E-state index is -4.36. The number of carboxylic acids is 1. The fraction of sp³-hybridized carbons (Fsp3) is 0.475. The Morgan fingerprint density at radius 3 is 2.36 bits per heavy atom. The van der Waals surface area contributed by atoms with E-state index in [-0.39, 0.29) is 80.1 Å². The number of urea groups is 1. The Morgan fingerprint density at radius 2 is 1.63 bits per heavy atom. The van der Waals surface area contributed by atoms with Crippen molar-refractivity contribution in [2.45, 2.75) is 116 Å². The minimum Gasteiger partial charge on any atom is -0.476 e. The number of primary amides is 2. The van der Waals surface area contributed by atoms with Crippen LogP contribution in [0.1, 0.15) is 120 Å². The SMILES string of the molecule is Cc1c(-c2ccc(N3CCc4cccc(C(=O)Nc5nc6ccccc6s5)c4C3)nc2C(=O)O)cnn1CC12CC3(C)CC(C)(C1)CC(OCCOCCN(CCCP(=O)(O)O)C(=O)OCc1ccccc1C(CNC(N)=O)C[C@H](N)C(N)=O)(C3)C2. The fourth-order valence-corrected chi connectivity index (χ4v) is 16.5. The molecule has 4 aliphatic carbocycles. The maximum Gasteiger partial charge on any atom is 0.410 e. The summed E-state index contributed by atoms with van der Waals surface area (Å²) < 4.78 is 33.6. The number of hydrogen-bond acceptors (Lipinski definition) is 15. The van der Waals surface area contributed by atoms with Crippen LogP contribution >= 0.6 is 18.9 Å². The summed E-state index contributed by atoms with van der Waals surface area (Å²) >= 11 is 1.41. The third-order valence-electron chi connectivity index (χ3n) is 17.5. The van der Waals surface area contributed by atoms with E-state index >= 15 is 0 Å². The first kappa shape index (κ1) is 61.8. The van der Waals surface area contributed by atoms with Gasteiger partial charge in [0.15, 0.2) is 10.8 Å². The monoisotopic (exact) mass is 1220 g/mol. The fourth-order valence-electron chi connectivity index (χ4n) is 15.0. The molecule has 4 fully saturated rings. The summed E-state index contributed by atoms with van der Waals surface area (Å²) in [5.74, 6) is -2.15. The van der Waals surface area contributed by atoms with Gasteiger partial charge in [0.2, 0.25) is 5.91 Å². The average Bonchev–Trinajstić information content (AvgIpc) is 0.709. The summed E-state index contributed by atoms with van der Waals surface area (Å²) in [5, 5.41) is 21.7. The molecule has 458 valence electrons. The van der Waals surface area contributed by atoms with Crippen LogP contribution in [0.15, 0.2) is 85.1 Å². The zero-order valence-electron chi connectivity index (χ0n) is 48.7. The van der Waals surface area contributed by atoms with Gasteiger partial charge in [-0.05, 0) is 134 Å². The number of carbonyl (C=O) groups is 5. The molecule has 4 heterocycles. The highest BCUT2D eigenvalue weighted by atomic mass is 32.1. The summed E-state index contributed by atoms with van der Waals surface area (Å²) in [4.78, 5) is 96.0. The molecule has 3 aromatic carbocycles. The highest BCUT2D eigenvalue weighted by molar-refractivity contribution is 7.51. The van der Waals surface area contributed by atoms with Gasteiger partial charge in [-0.25, -0.2) is 24.4 Å². The number of para-hydroxylation sites is 1. The number of aromatic carboxylic acids is 1. The zero-order chi connectivity index (χ0) is 61.2. The summed E-state index contributed by atoms with van der Waals surface area (Å²) in [6, 6.07) is 22.3. The zero-order valence-corrected chi connectivity index (χ0v) is 50.4. The number of nitrogens with zero attached hydrogens (tertiary/aromatic N) is 6. The number of benzene rings is 3. The molecule has 0 saturated heterocycles. The summed E-state index contributed by atoms with van der Waals surface area (Å²) in [6.45, 7) is 8.77. The van der Waals surface area contributed by atoms with E-state index in [1.807, 2.05) is 65.0 Å². The molecule has 23 nitrogen and oxygen atoms in total. The van der Waals surface area contributed by atoms with Crippen LogP contribution in [0.2, 0.25) is 0 Å². The molecule has 11 rings (SSSR count). The van der Waals surface area contributed by atoms with Crippen LogP contribution in [0.3, 0.4) is 0 Å². The van der Waals surface area contributed by atoms with Crippen LogP contribution in [-0.4, -0.2) is 133 Å². The number of carbonyl (C=O) groups excluding carboxylic acids is 4. The van der Waals surface area contributed by atoms with Crippen molar-refractivity contribution in [1.82, 2.24) is 30.0 Å². The molecule has 0 spiro atoms. The van der Waals surface area contributed by atoms with Crippen LogP contribution < -0.4 is 32.7 Å². The van der Waals surface area contributed by atoms with Gasteiger partial charge < -0.3 is 61.4 Å². The van der Waals surface area contributed by atoms with Crippen molar-refractivity contribution in [3.05, 3.63) is 124 Å². The number of nitrogens with two attached hydrogens (primary N) is 3. The highest BCUT2D eigenvalue weighted by Gasteiger charge is 2.66. The second kappa shape index (κ2) is 25.2. The van der Waals surface area contributed by atoms with Gasteiger partial charge in [-0.1, -0.05) is 73.7 Å². The number of thiazole rings is 1. The highest BCUT2D eigenvalue weighted by Crippen LogP contribution is 2.72. The molecule has 5 aliphatic rings. The molecule has 3 aromatic heterocycles. The second-order valence-corrected chi connectivity index (χ2v) is 27.5. The predicted octanol–water partition coefficient (Wildman–Crippen LogP) is 7.69. The largest absolute Gasteiger partial charge is 0.476 e. The van der Waals surface area contributed by atoms with Crippen molar-refractivity contribution in [2.24, 2.45) is 33.4 Å². The van der Waals surface area contributed by atoms with Crippen molar-refractivity contribution >= 4 is 70.0 Å². The van der Waals surface area contributed by atoms with Crippen molar-refractivity contribution in [3.63, 3.8) is 0 Å². The Balaban J connectivity index is 0.770.